The van der Waals surface area contributed by atoms with Crippen LogP contribution in [-0.4, -0.2) is 10.2 Å². The molecule has 0 aliphatic heterocycles. The Morgan fingerprint density at radius 1 is 1.41 bits per heavy atom. The van der Waals surface area contributed by atoms with E-state index in [9.17, 15) is 0 Å². The van der Waals surface area contributed by atoms with Crippen LogP contribution in [0.25, 0.3) is 10.6 Å². The Hall–Kier alpha value is -1.33. The topological polar surface area (TPSA) is 62.8 Å². The first-order valence-corrected chi connectivity index (χ1v) is 7.00. The summed E-state index contributed by atoms with van der Waals surface area (Å²) in [5.41, 5.74) is 8.66. The molecular formula is C12H13N3S2. The summed E-state index contributed by atoms with van der Waals surface area (Å²) in [6.07, 6.45) is 0. The average molecular weight is 263 g/mol. The summed E-state index contributed by atoms with van der Waals surface area (Å²) < 4.78 is 0. The molecule has 0 atom stereocenters. The minimum absolute atomic E-state index is 0.134. The second kappa shape index (κ2) is 5.33. The minimum Gasteiger partial charge on any atom is -0.379 e. The van der Waals surface area contributed by atoms with E-state index in [1.54, 1.807) is 11.3 Å². The zero-order valence-corrected chi connectivity index (χ0v) is 11.1. The number of aryl methyl sites for hydroxylation is 1. The molecular weight excluding hydrogens is 250 g/mol. The third kappa shape index (κ3) is 3.31. The van der Waals surface area contributed by atoms with Gasteiger partial charge in [-0.1, -0.05) is 41.6 Å². The van der Waals surface area contributed by atoms with Crippen molar-refractivity contribution in [3.05, 3.63) is 40.9 Å². The van der Waals surface area contributed by atoms with Crippen molar-refractivity contribution in [2.45, 2.75) is 12.7 Å². The number of nitrogens with one attached hydrogen (secondary N) is 1. The van der Waals surface area contributed by atoms with Gasteiger partial charge in [0, 0.05) is 16.7 Å². The van der Waals surface area contributed by atoms with Crippen molar-refractivity contribution < 1.29 is 0 Å². The lowest BCUT2D eigenvalue weighted by molar-refractivity contribution is 1.24. The Balaban J connectivity index is 2.12. The lowest BCUT2D eigenvalue weighted by atomic mass is 10.2. The zero-order chi connectivity index (χ0) is 12.3. The van der Waals surface area contributed by atoms with Crippen molar-refractivity contribution in [2.75, 3.05) is 0 Å². The van der Waals surface area contributed by atoms with Gasteiger partial charge in [-0.2, -0.15) is 0 Å². The highest BCUT2D eigenvalue weighted by atomic mass is 32.2. The summed E-state index contributed by atoms with van der Waals surface area (Å²) in [6.45, 7) is 2.07. The molecule has 1 aromatic carbocycles. The van der Waals surface area contributed by atoms with E-state index in [-0.39, 0.29) is 5.17 Å². The summed E-state index contributed by atoms with van der Waals surface area (Å²) in [6, 6.07) is 8.33. The van der Waals surface area contributed by atoms with E-state index in [1.165, 1.54) is 17.3 Å². The monoisotopic (exact) mass is 263 g/mol. The Morgan fingerprint density at radius 3 is 2.76 bits per heavy atom. The molecule has 0 bridgehead atoms. The molecule has 3 nitrogen and oxygen atoms in total. The number of nitrogens with two attached hydrogens (primary N) is 1. The van der Waals surface area contributed by atoms with E-state index < -0.39 is 0 Å². The van der Waals surface area contributed by atoms with Gasteiger partial charge in [-0.3, -0.25) is 5.41 Å². The van der Waals surface area contributed by atoms with Gasteiger partial charge in [0.05, 0.1) is 5.69 Å². The van der Waals surface area contributed by atoms with Crippen molar-refractivity contribution in [1.29, 1.82) is 5.41 Å². The molecule has 0 unspecified atom stereocenters. The van der Waals surface area contributed by atoms with Gasteiger partial charge in [0.2, 0.25) is 0 Å². The second-order valence-corrected chi connectivity index (χ2v) is 5.54. The summed E-state index contributed by atoms with van der Waals surface area (Å²) >= 11 is 2.93. The first kappa shape index (κ1) is 12.1. The van der Waals surface area contributed by atoms with Gasteiger partial charge in [-0.05, 0) is 6.92 Å². The van der Waals surface area contributed by atoms with Gasteiger partial charge in [0.25, 0.3) is 0 Å². The molecule has 0 radical (unpaired) electrons. The van der Waals surface area contributed by atoms with Gasteiger partial charge < -0.3 is 5.73 Å². The molecule has 2 rings (SSSR count). The van der Waals surface area contributed by atoms with E-state index in [2.05, 4.69) is 36.2 Å². The molecule has 0 saturated carbocycles. The summed E-state index contributed by atoms with van der Waals surface area (Å²) in [5.74, 6) is 0.664. The SMILES string of the molecule is Cc1ccc(-c2nc(CSC(=N)N)cs2)cc1. The van der Waals surface area contributed by atoms with Crippen molar-refractivity contribution in [2.24, 2.45) is 5.73 Å². The number of hydrogen-bond acceptors (Lipinski definition) is 4. The molecule has 5 heteroatoms. The fraction of sp³-hybridized carbons (Fsp3) is 0.167. The number of aromatic nitrogens is 1. The lowest BCUT2D eigenvalue weighted by Gasteiger charge is -1.97. The molecule has 0 saturated heterocycles. The highest BCUT2D eigenvalue weighted by molar-refractivity contribution is 8.13. The summed E-state index contributed by atoms with van der Waals surface area (Å²) in [5, 5.41) is 10.3. The highest BCUT2D eigenvalue weighted by Crippen LogP contribution is 2.25. The van der Waals surface area contributed by atoms with Gasteiger partial charge in [-0.25, -0.2) is 4.98 Å². The maximum Gasteiger partial charge on any atom is 0.151 e. The molecule has 0 spiro atoms. The lowest BCUT2D eigenvalue weighted by Crippen LogP contribution is -2.03. The molecule has 3 N–H and O–H groups in total. The molecule has 1 aromatic heterocycles. The third-order valence-corrected chi connectivity index (χ3v) is 3.92. The molecule has 88 valence electrons. The predicted octanol–water partition coefficient (Wildman–Crippen LogP) is 3.25. The quantitative estimate of drug-likeness (QED) is 0.660. The predicted molar refractivity (Wildman–Crippen MR) is 75.5 cm³/mol. The molecule has 0 fully saturated rings. The van der Waals surface area contributed by atoms with Gasteiger partial charge in [-0.15, -0.1) is 11.3 Å². The van der Waals surface area contributed by atoms with Crippen LogP contribution in [0.5, 0.6) is 0 Å². The second-order valence-electron chi connectivity index (χ2n) is 3.66. The Morgan fingerprint density at radius 2 is 2.12 bits per heavy atom. The van der Waals surface area contributed by atoms with E-state index in [1.807, 2.05) is 5.38 Å². The van der Waals surface area contributed by atoms with Crippen LogP contribution in [0.1, 0.15) is 11.3 Å². The molecule has 0 aliphatic rings. The number of amidine groups is 1. The normalized spacial score (nSPS) is 10.4. The fourth-order valence-electron chi connectivity index (χ4n) is 1.35. The Kier molecular flexibility index (Phi) is 3.81. The van der Waals surface area contributed by atoms with Crippen molar-refractivity contribution in [3.63, 3.8) is 0 Å². The summed E-state index contributed by atoms with van der Waals surface area (Å²) in [7, 11) is 0. The van der Waals surface area contributed by atoms with Gasteiger partial charge in [0.1, 0.15) is 5.01 Å². The number of benzene rings is 1. The van der Waals surface area contributed by atoms with Crippen LogP contribution in [-0.2, 0) is 5.75 Å². The first-order valence-electron chi connectivity index (χ1n) is 5.13. The number of thiazole rings is 1. The minimum atomic E-state index is 0.134. The van der Waals surface area contributed by atoms with Crippen molar-refractivity contribution in [1.82, 2.24) is 4.98 Å². The highest BCUT2D eigenvalue weighted by Gasteiger charge is 2.05. The molecule has 17 heavy (non-hydrogen) atoms. The first-order chi connectivity index (χ1) is 8.15. The molecule has 0 aliphatic carbocycles. The van der Waals surface area contributed by atoms with Crippen molar-refractivity contribution >= 4 is 28.3 Å². The largest absolute Gasteiger partial charge is 0.379 e. The van der Waals surface area contributed by atoms with Gasteiger partial charge in [0.15, 0.2) is 5.17 Å². The van der Waals surface area contributed by atoms with E-state index in [4.69, 9.17) is 11.1 Å². The number of thioether (sulfide) groups is 1. The number of rotatable bonds is 3. The van der Waals surface area contributed by atoms with Crippen LogP contribution in [0.3, 0.4) is 0 Å². The van der Waals surface area contributed by atoms with E-state index >= 15 is 0 Å². The number of nitrogens with zero attached hydrogens (tertiary/aromatic N) is 1. The molecule has 1 heterocycles. The van der Waals surface area contributed by atoms with Crippen LogP contribution in [0.15, 0.2) is 29.6 Å². The molecule has 0 amide bonds. The van der Waals surface area contributed by atoms with Crippen LogP contribution in [0, 0.1) is 12.3 Å². The van der Waals surface area contributed by atoms with E-state index in [0.717, 1.165) is 16.3 Å². The van der Waals surface area contributed by atoms with Crippen molar-refractivity contribution in [3.8, 4) is 10.6 Å². The maximum absolute atomic E-state index is 7.15. The third-order valence-electron chi connectivity index (χ3n) is 2.23. The van der Waals surface area contributed by atoms with Crippen LogP contribution < -0.4 is 5.73 Å². The number of hydrogen-bond donors (Lipinski definition) is 2. The standard InChI is InChI=1S/C12H13N3S2/c1-8-2-4-9(5-3-8)11-15-10(6-16-11)7-17-12(13)14/h2-6H,7H2,1H3,(H3,13,14). The zero-order valence-electron chi connectivity index (χ0n) is 9.43. The fourth-order valence-corrected chi connectivity index (χ4v) is 2.74. The smallest absolute Gasteiger partial charge is 0.151 e. The average Bonchev–Trinajstić information content (AvgIpc) is 2.76. The molecule has 2 aromatic rings. The van der Waals surface area contributed by atoms with E-state index in [0.29, 0.717) is 5.75 Å². The van der Waals surface area contributed by atoms with Crippen LogP contribution in [0.2, 0.25) is 0 Å². The Labute approximate surface area is 109 Å². The van der Waals surface area contributed by atoms with Crippen LogP contribution >= 0.6 is 23.1 Å². The Bertz CT molecular complexity index is 517. The van der Waals surface area contributed by atoms with Crippen LogP contribution in [0.4, 0.5) is 0 Å². The maximum atomic E-state index is 7.15. The summed E-state index contributed by atoms with van der Waals surface area (Å²) in [4.78, 5) is 4.53. The van der Waals surface area contributed by atoms with Gasteiger partial charge >= 0.3 is 0 Å².